The van der Waals surface area contributed by atoms with E-state index in [1.807, 2.05) is 6.07 Å². The maximum absolute atomic E-state index is 5.74. The van der Waals surface area contributed by atoms with Gasteiger partial charge in [-0.25, -0.2) is 9.97 Å². The summed E-state index contributed by atoms with van der Waals surface area (Å²) in [6.07, 6.45) is 4.61. The highest BCUT2D eigenvalue weighted by molar-refractivity contribution is 6.32. The van der Waals surface area contributed by atoms with Crippen LogP contribution in [0.15, 0.2) is 29.3 Å². The molecule has 6 heteroatoms. The van der Waals surface area contributed by atoms with Crippen molar-refractivity contribution in [2.75, 3.05) is 11.1 Å². The summed E-state index contributed by atoms with van der Waals surface area (Å²) < 4.78 is 4.93. The van der Waals surface area contributed by atoms with Crippen molar-refractivity contribution < 1.29 is 4.42 Å². The van der Waals surface area contributed by atoms with E-state index in [9.17, 15) is 0 Å². The molecule has 0 unspecified atom stereocenters. The second kappa shape index (κ2) is 4.18. The monoisotopic (exact) mass is 224 g/mol. The fourth-order valence-corrected chi connectivity index (χ4v) is 1.23. The minimum atomic E-state index is 0.250. The van der Waals surface area contributed by atoms with Crippen molar-refractivity contribution in [3.05, 3.63) is 35.6 Å². The Labute approximate surface area is 91.3 Å². The molecule has 0 saturated carbocycles. The number of halogens is 1. The molecular formula is C9H9ClN4O. The van der Waals surface area contributed by atoms with Gasteiger partial charge in [0.15, 0.2) is 11.0 Å². The maximum Gasteiger partial charge on any atom is 0.157 e. The van der Waals surface area contributed by atoms with Gasteiger partial charge in [0.2, 0.25) is 0 Å². The largest absolute Gasteiger partial charge is 0.472 e. The summed E-state index contributed by atoms with van der Waals surface area (Å²) in [5.74, 6) is 0.524. The van der Waals surface area contributed by atoms with Crippen LogP contribution in [0.1, 0.15) is 5.56 Å². The first kappa shape index (κ1) is 9.79. The Morgan fingerprint density at radius 1 is 1.47 bits per heavy atom. The number of aromatic nitrogens is 2. The van der Waals surface area contributed by atoms with Gasteiger partial charge in [0, 0.05) is 12.1 Å². The Kier molecular flexibility index (Phi) is 2.73. The van der Waals surface area contributed by atoms with Gasteiger partial charge in [0.1, 0.15) is 12.0 Å². The molecule has 3 N–H and O–H groups in total. The lowest BCUT2D eigenvalue weighted by molar-refractivity contribution is 0.564. The summed E-state index contributed by atoms with van der Waals surface area (Å²) >= 11 is 5.74. The number of anilines is 2. The molecule has 0 aliphatic heterocycles. The van der Waals surface area contributed by atoms with Crippen LogP contribution in [0.25, 0.3) is 0 Å². The van der Waals surface area contributed by atoms with Crippen LogP contribution in [0.4, 0.5) is 11.5 Å². The first-order valence-electron chi connectivity index (χ1n) is 4.28. The van der Waals surface area contributed by atoms with E-state index in [2.05, 4.69) is 15.3 Å². The van der Waals surface area contributed by atoms with E-state index in [-0.39, 0.29) is 5.15 Å². The topological polar surface area (TPSA) is 77.0 Å². The molecule has 2 aromatic heterocycles. The van der Waals surface area contributed by atoms with E-state index in [0.29, 0.717) is 18.1 Å². The fraction of sp³-hybridized carbons (Fsp3) is 0.111. The molecule has 0 spiro atoms. The van der Waals surface area contributed by atoms with Crippen molar-refractivity contribution in [3.8, 4) is 0 Å². The highest BCUT2D eigenvalue weighted by Crippen LogP contribution is 2.22. The molecule has 0 bridgehead atoms. The molecule has 0 aromatic carbocycles. The lowest BCUT2D eigenvalue weighted by Crippen LogP contribution is -2.05. The molecule has 0 fully saturated rings. The van der Waals surface area contributed by atoms with Crippen molar-refractivity contribution in [3.63, 3.8) is 0 Å². The number of nitrogens with zero attached hydrogens (tertiary/aromatic N) is 2. The van der Waals surface area contributed by atoms with E-state index in [1.54, 1.807) is 12.5 Å². The molecule has 15 heavy (non-hydrogen) atoms. The Hall–Kier alpha value is -1.75. The van der Waals surface area contributed by atoms with Crippen LogP contribution >= 0.6 is 11.6 Å². The Balaban J connectivity index is 2.08. The van der Waals surface area contributed by atoms with Crippen LogP contribution in [0.3, 0.4) is 0 Å². The van der Waals surface area contributed by atoms with Crippen LogP contribution in [0.2, 0.25) is 5.15 Å². The van der Waals surface area contributed by atoms with Gasteiger partial charge in [0.25, 0.3) is 0 Å². The third-order valence-electron chi connectivity index (χ3n) is 1.88. The van der Waals surface area contributed by atoms with E-state index in [1.165, 1.54) is 6.33 Å². The Morgan fingerprint density at radius 3 is 3.07 bits per heavy atom. The zero-order valence-electron chi connectivity index (χ0n) is 7.77. The molecule has 2 rings (SSSR count). The summed E-state index contributed by atoms with van der Waals surface area (Å²) in [6, 6.07) is 1.85. The van der Waals surface area contributed by atoms with Crippen molar-refractivity contribution in [1.82, 2.24) is 9.97 Å². The maximum atomic E-state index is 5.74. The lowest BCUT2D eigenvalue weighted by Gasteiger charge is -2.06. The molecule has 0 amide bonds. The Bertz CT molecular complexity index is 443. The molecule has 0 aliphatic carbocycles. The molecule has 2 heterocycles. The average Bonchev–Trinajstić information content (AvgIpc) is 2.73. The number of furan rings is 1. The molecule has 0 aliphatic rings. The highest BCUT2D eigenvalue weighted by atomic mass is 35.5. The Morgan fingerprint density at radius 2 is 2.33 bits per heavy atom. The molecule has 78 valence electrons. The lowest BCUT2D eigenvalue weighted by atomic mass is 10.3. The third-order valence-corrected chi connectivity index (χ3v) is 2.18. The molecule has 5 nitrogen and oxygen atoms in total. The van der Waals surface area contributed by atoms with E-state index in [4.69, 9.17) is 21.8 Å². The molecule has 0 radical (unpaired) electrons. The van der Waals surface area contributed by atoms with E-state index in [0.717, 1.165) is 5.56 Å². The van der Waals surface area contributed by atoms with Crippen LogP contribution in [-0.4, -0.2) is 9.97 Å². The van der Waals surface area contributed by atoms with Gasteiger partial charge in [-0.3, -0.25) is 0 Å². The van der Waals surface area contributed by atoms with Crippen molar-refractivity contribution in [1.29, 1.82) is 0 Å². The third kappa shape index (κ3) is 2.19. The molecule has 0 atom stereocenters. The summed E-state index contributed by atoms with van der Waals surface area (Å²) in [5.41, 5.74) is 7.03. The molecule has 2 aromatic rings. The van der Waals surface area contributed by atoms with E-state index >= 15 is 0 Å². The first-order chi connectivity index (χ1) is 7.27. The zero-order valence-corrected chi connectivity index (χ0v) is 8.53. The van der Waals surface area contributed by atoms with Crippen LogP contribution in [-0.2, 0) is 6.54 Å². The highest BCUT2D eigenvalue weighted by Gasteiger charge is 2.05. The first-order valence-corrected chi connectivity index (χ1v) is 4.66. The van der Waals surface area contributed by atoms with Crippen LogP contribution in [0, 0.1) is 0 Å². The van der Waals surface area contributed by atoms with Crippen molar-refractivity contribution in [2.24, 2.45) is 0 Å². The number of hydrogen-bond acceptors (Lipinski definition) is 5. The second-order valence-corrected chi connectivity index (χ2v) is 3.27. The normalized spacial score (nSPS) is 10.2. The van der Waals surface area contributed by atoms with Crippen molar-refractivity contribution in [2.45, 2.75) is 6.54 Å². The van der Waals surface area contributed by atoms with Crippen molar-refractivity contribution >= 4 is 23.1 Å². The number of nitrogens with one attached hydrogen (secondary N) is 1. The fourth-order valence-electron chi connectivity index (χ4n) is 1.09. The van der Waals surface area contributed by atoms with E-state index < -0.39 is 0 Å². The standard InChI is InChI=1S/C9H9ClN4O/c10-8-7(11)9(14-5-13-8)12-3-6-1-2-15-4-6/h1-2,4-5H,3,11H2,(H,12,13,14). The summed E-state index contributed by atoms with van der Waals surface area (Å²) in [4.78, 5) is 7.73. The van der Waals surface area contributed by atoms with Gasteiger partial charge in [0.05, 0.1) is 12.5 Å². The smallest absolute Gasteiger partial charge is 0.157 e. The average molecular weight is 225 g/mol. The minimum absolute atomic E-state index is 0.250. The van der Waals surface area contributed by atoms with Gasteiger partial charge >= 0.3 is 0 Å². The van der Waals surface area contributed by atoms with Gasteiger partial charge in [-0.1, -0.05) is 11.6 Å². The number of hydrogen-bond donors (Lipinski definition) is 2. The summed E-state index contributed by atoms with van der Waals surface area (Å²) in [7, 11) is 0. The number of nitrogens with two attached hydrogens (primary N) is 1. The number of rotatable bonds is 3. The molecule has 0 saturated heterocycles. The predicted octanol–water partition coefficient (Wildman–Crippen LogP) is 1.92. The predicted molar refractivity (Wildman–Crippen MR) is 57.5 cm³/mol. The zero-order chi connectivity index (χ0) is 10.7. The summed E-state index contributed by atoms with van der Waals surface area (Å²) in [6.45, 7) is 0.577. The second-order valence-electron chi connectivity index (χ2n) is 2.91. The van der Waals surface area contributed by atoms with Gasteiger partial charge in [-0.05, 0) is 6.07 Å². The minimum Gasteiger partial charge on any atom is -0.472 e. The van der Waals surface area contributed by atoms with Crippen LogP contribution in [0.5, 0.6) is 0 Å². The van der Waals surface area contributed by atoms with Gasteiger partial charge in [-0.15, -0.1) is 0 Å². The molecular weight excluding hydrogens is 216 g/mol. The van der Waals surface area contributed by atoms with Gasteiger partial charge in [-0.2, -0.15) is 0 Å². The SMILES string of the molecule is Nc1c(Cl)ncnc1NCc1ccoc1. The quantitative estimate of drug-likeness (QED) is 0.779. The number of nitrogen functional groups attached to an aromatic ring is 1. The summed E-state index contributed by atoms with van der Waals surface area (Å²) in [5, 5.41) is 3.29. The van der Waals surface area contributed by atoms with Gasteiger partial charge < -0.3 is 15.5 Å². The van der Waals surface area contributed by atoms with Crippen LogP contribution < -0.4 is 11.1 Å².